The molecule has 1 heterocycles. The van der Waals surface area contributed by atoms with E-state index in [0.29, 0.717) is 23.5 Å². The lowest BCUT2D eigenvalue weighted by Gasteiger charge is -2.23. The van der Waals surface area contributed by atoms with Crippen molar-refractivity contribution >= 4 is 23.1 Å². The Morgan fingerprint density at radius 1 is 1.37 bits per heavy atom. The molecule has 1 aromatic heterocycles. The van der Waals surface area contributed by atoms with Crippen molar-refractivity contribution in [2.24, 2.45) is 5.92 Å². The first-order valence-electron chi connectivity index (χ1n) is 6.51. The van der Waals surface area contributed by atoms with Crippen LogP contribution in [0.5, 0.6) is 0 Å². The molecule has 0 aromatic carbocycles. The number of anilines is 1. The molecule has 0 amide bonds. The molecule has 2 saturated carbocycles. The molecule has 0 saturated heterocycles. The van der Waals surface area contributed by atoms with Crippen LogP contribution in [0.3, 0.4) is 0 Å². The molecule has 0 spiro atoms. The van der Waals surface area contributed by atoms with E-state index in [-0.39, 0.29) is 11.0 Å². The van der Waals surface area contributed by atoms with Crippen LogP contribution in [-0.4, -0.2) is 27.5 Å². The fraction of sp³-hybridized carbons (Fsp3) is 0.667. The van der Waals surface area contributed by atoms with Gasteiger partial charge in [0.2, 0.25) is 11.1 Å². The van der Waals surface area contributed by atoms with Crippen LogP contribution >= 0.6 is 11.6 Å². The van der Waals surface area contributed by atoms with Crippen molar-refractivity contribution in [2.75, 3.05) is 11.4 Å². The molecule has 0 atom stereocenters. The highest BCUT2D eigenvalue weighted by molar-refractivity contribution is 6.28. The van der Waals surface area contributed by atoms with E-state index in [1.807, 2.05) is 0 Å². The lowest BCUT2D eigenvalue weighted by Crippen LogP contribution is -2.30. The van der Waals surface area contributed by atoms with Crippen LogP contribution in [0.2, 0.25) is 5.28 Å². The van der Waals surface area contributed by atoms with Crippen molar-refractivity contribution in [3.8, 4) is 0 Å². The smallest absolute Gasteiger partial charge is 0.332 e. The van der Waals surface area contributed by atoms with Crippen LogP contribution in [0.15, 0.2) is 0 Å². The molecule has 19 heavy (non-hydrogen) atoms. The molecule has 102 valence electrons. The predicted molar refractivity (Wildman–Crippen MR) is 71.5 cm³/mol. The van der Waals surface area contributed by atoms with Crippen molar-refractivity contribution in [1.82, 2.24) is 9.97 Å². The average Bonchev–Trinajstić information content (AvgIpc) is 3.17. The van der Waals surface area contributed by atoms with Gasteiger partial charge in [0.25, 0.3) is 0 Å². The minimum absolute atomic E-state index is 0.00282. The second kappa shape index (κ2) is 4.59. The van der Waals surface area contributed by atoms with E-state index < -0.39 is 4.92 Å². The van der Waals surface area contributed by atoms with Gasteiger partial charge >= 0.3 is 5.69 Å². The van der Waals surface area contributed by atoms with Gasteiger partial charge in [0.15, 0.2) is 0 Å². The third-order valence-corrected chi connectivity index (χ3v) is 3.78. The van der Waals surface area contributed by atoms with E-state index in [9.17, 15) is 10.1 Å². The summed E-state index contributed by atoms with van der Waals surface area (Å²) >= 11 is 5.88. The normalized spacial score (nSPS) is 18.4. The van der Waals surface area contributed by atoms with E-state index in [4.69, 9.17) is 11.6 Å². The maximum Gasteiger partial charge on any atom is 0.332 e. The zero-order valence-corrected chi connectivity index (χ0v) is 11.4. The Morgan fingerprint density at radius 3 is 2.58 bits per heavy atom. The standard InChI is InChI=1S/C12H15ClN4O2/c1-7-10(17(18)19)11(15-12(13)14-7)16(9-4-5-9)6-8-2-3-8/h8-9H,2-6H2,1H3. The maximum atomic E-state index is 11.3. The van der Waals surface area contributed by atoms with Gasteiger partial charge in [0.1, 0.15) is 5.69 Å². The lowest BCUT2D eigenvalue weighted by atomic mass is 10.3. The average molecular weight is 283 g/mol. The maximum absolute atomic E-state index is 11.3. The summed E-state index contributed by atoms with van der Waals surface area (Å²) in [5.74, 6) is 1.05. The summed E-state index contributed by atoms with van der Waals surface area (Å²) in [5.41, 5.74) is 0.332. The first-order chi connectivity index (χ1) is 9.06. The number of rotatable bonds is 5. The Hall–Kier alpha value is -1.43. The van der Waals surface area contributed by atoms with Crippen molar-refractivity contribution < 1.29 is 4.92 Å². The summed E-state index contributed by atoms with van der Waals surface area (Å²) in [6.07, 6.45) is 4.55. The molecular formula is C12H15ClN4O2. The monoisotopic (exact) mass is 282 g/mol. The largest absolute Gasteiger partial charge is 0.347 e. The summed E-state index contributed by atoms with van der Waals surface area (Å²) in [6.45, 7) is 2.45. The Morgan fingerprint density at radius 2 is 2.05 bits per heavy atom. The van der Waals surface area contributed by atoms with E-state index in [1.54, 1.807) is 6.92 Å². The molecule has 0 N–H and O–H groups in total. The number of aromatic nitrogens is 2. The molecule has 2 fully saturated rings. The summed E-state index contributed by atoms with van der Waals surface area (Å²) in [4.78, 5) is 21.0. The van der Waals surface area contributed by atoms with E-state index in [0.717, 1.165) is 19.4 Å². The quantitative estimate of drug-likeness (QED) is 0.472. The van der Waals surface area contributed by atoms with Gasteiger partial charge in [-0.05, 0) is 50.1 Å². The van der Waals surface area contributed by atoms with E-state index in [1.165, 1.54) is 12.8 Å². The minimum Gasteiger partial charge on any atom is -0.347 e. The van der Waals surface area contributed by atoms with Crippen molar-refractivity contribution in [2.45, 2.75) is 38.6 Å². The number of halogens is 1. The van der Waals surface area contributed by atoms with Crippen molar-refractivity contribution in [3.05, 3.63) is 21.1 Å². The predicted octanol–water partition coefficient (Wildman–Crippen LogP) is 2.73. The Bertz CT molecular complexity index is 529. The first-order valence-corrected chi connectivity index (χ1v) is 6.89. The number of aryl methyl sites for hydroxylation is 1. The summed E-state index contributed by atoms with van der Waals surface area (Å²) in [6, 6.07) is 0.379. The molecule has 7 heteroatoms. The van der Waals surface area contributed by atoms with Gasteiger partial charge in [0, 0.05) is 12.6 Å². The van der Waals surface area contributed by atoms with Gasteiger partial charge < -0.3 is 4.90 Å². The molecule has 0 radical (unpaired) electrons. The number of hydrogen-bond donors (Lipinski definition) is 0. The third-order valence-electron chi connectivity index (χ3n) is 3.61. The molecule has 0 unspecified atom stereocenters. The summed E-state index contributed by atoms with van der Waals surface area (Å²) < 4.78 is 0. The molecule has 3 rings (SSSR count). The van der Waals surface area contributed by atoms with Gasteiger partial charge in [-0.15, -0.1) is 0 Å². The fourth-order valence-corrected chi connectivity index (χ4v) is 2.51. The van der Waals surface area contributed by atoms with Crippen LogP contribution in [0.1, 0.15) is 31.4 Å². The van der Waals surface area contributed by atoms with Gasteiger partial charge in [-0.2, -0.15) is 4.98 Å². The van der Waals surface area contributed by atoms with Crippen LogP contribution in [0, 0.1) is 23.0 Å². The molecule has 2 aliphatic carbocycles. The SMILES string of the molecule is Cc1nc(Cl)nc(N(CC2CC2)C2CC2)c1[N+](=O)[O-]. The Labute approximate surface area is 115 Å². The van der Waals surface area contributed by atoms with Gasteiger partial charge in [-0.3, -0.25) is 10.1 Å². The molecule has 6 nitrogen and oxygen atoms in total. The summed E-state index contributed by atoms with van der Waals surface area (Å²) in [5, 5.41) is 11.3. The van der Waals surface area contributed by atoms with Crippen LogP contribution in [-0.2, 0) is 0 Å². The number of nitro groups is 1. The number of hydrogen-bond acceptors (Lipinski definition) is 5. The lowest BCUT2D eigenvalue weighted by molar-refractivity contribution is -0.385. The highest BCUT2D eigenvalue weighted by Crippen LogP contribution is 2.40. The van der Waals surface area contributed by atoms with Crippen LogP contribution < -0.4 is 4.90 Å². The van der Waals surface area contributed by atoms with Crippen molar-refractivity contribution in [3.63, 3.8) is 0 Å². The molecular weight excluding hydrogens is 268 g/mol. The zero-order chi connectivity index (χ0) is 13.6. The second-order valence-electron chi connectivity index (χ2n) is 5.33. The fourth-order valence-electron chi connectivity index (χ4n) is 2.31. The Balaban J connectivity index is 2.02. The molecule has 0 bridgehead atoms. The van der Waals surface area contributed by atoms with E-state index in [2.05, 4.69) is 14.9 Å². The second-order valence-corrected chi connectivity index (χ2v) is 5.67. The minimum atomic E-state index is -0.400. The summed E-state index contributed by atoms with van der Waals surface area (Å²) in [7, 11) is 0. The number of nitrogens with zero attached hydrogens (tertiary/aromatic N) is 4. The van der Waals surface area contributed by atoms with Gasteiger partial charge in [0.05, 0.1) is 4.92 Å². The van der Waals surface area contributed by atoms with Crippen molar-refractivity contribution in [1.29, 1.82) is 0 Å². The molecule has 0 aliphatic heterocycles. The molecule has 2 aliphatic rings. The van der Waals surface area contributed by atoms with E-state index >= 15 is 0 Å². The first kappa shape index (κ1) is 12.6. The van der Waals surface area contributed by atoms with Crippen LogP contribution in [0.4, 0.5) is 11.5 Å². The highest BCUT2D eigenvalue weighted by Gasteiger charge is 2.38. The van der Waals surface area contributed by atoms with Gasteiger partial charge in [-0.25, -0.2) is 4.98 Å². The third kappa shape index (κ3) is 2.63. The molecule has 1 aromatic rings. The van der Waals surface area contributed by atoms with Crippen LogP contribution in [0.25, 0.3) is 0 Å². The highest BCUT2D eigenvalue weighted by atomic mass is 35.5. The van der Waals surface area contributed by atoms with Gasteiger partial charge in [-0.1, -0.05) is 0 Å². The Kier molecular flexibility index (Phi) is 3.05. The zero-order valence-electron chi connectivity index (χ0n) is 10.7. The topological polar surface area (TPSA) is 72.2 Å².